The number of nitrogens with zero attached hydrogens (tertiary/aromatic N) is 3. The standard InChI is InChI=1S/C22H20N4O3S/c1-28-14-9-11-15(12-10-14)29-13-20(27)24-21-16-5-4-7-17(16)25-26(21)22-23-18-6-2-3-8-19(18)30-22/h2-3,6,8-12H,4-5,7,13H2,1H3,(H,24,27). The Kier molecular flexibility index (Phi) is 4.84. The van der Waals surface area contributed by atoms with Crippen molar-refractivity contribution < 1.29 is 14.3 Å². The number of nitrogens with one attached hydrogen (secondary N) is 1. The van der Waals surface area contributed by atoms with Gasteiger partial charge in [0, 0.05) is 5.56 Å². The first-order valence-corrected chi connectivity index (χ1v) is 10.6. The molecule has 5 rings (SSSR count). The lowest BCUT2D eigenvalue weighted by atomic mass is 10.2. The molecular formula is C22H20N4O3S. The van der Waals surface area contributed by atoms with Crippen molar-refractivity contribution in [1.82, 2.24) is 14.8 Å². The molecule has 0 saturated carbocycles. The Hall–Kier alpha value is -3.39. The van der Waals surface area contributed by atoms with Gasteiger partial charge in [0.05, 0.1) is 23.0 Å². The third-order valence-electron chi connectivity index (χ3n) is 5.06. The Morgan fingerprint density at radius 3 is 2.73 bits per heavy atom. The van der Waals surface area contributed by atoms with Crippen LogP contribution >= 0.6 is 11.3 Å². The number of para-hydroxylation sites is 1. The number of carbonyl (C=O) groups excluding carboxylic acids is 1. The van der Waals surface area contributed by atoms with E-state index in [1.54, 1.807) is 47.4 Å². The molecule has 0 aliphatic heterocycles. The number of rotatable bonds is 6. The lowest BCUT2D eigenvalue weighted by molar-refractivity contribution is -0.118. The fraction of sp³-hybridized carbons (Fsp3) is 0.227. The largest absolute Gasteiger partial charge is 0.497 e. The molecular weight excluding hydrogens is 400 g/mol. The van der Waals surface area contributed by atoms with Gasteiger partial charge in [0.2, 0.25) is 5.13 Å². The minimum Gasteiger partial charge on any atom is -0.497 e. The van der Waals surface area contributed by atoms with Gasteiger partial charge >= 0.3 is 0 Å². The number of hydrogen-bond acceptors (Lipinski definition) is 6. The zero-order valence-corrected chi connectivity index (χ0v) is 17.2. The molecule has 0 atom stereocenters. The molecule has 1 amide bonds. The van der Waals surface area contributed by atoms with Gasteiger partial charge in [0.15, 0.2) is 6.61 Å². The summed E-state index contributed by atoms with van der Waals surface area (Å²) in [5, 5.41) is 8.49. The average molecular weight is 420 g/mol. The van der Waals surface area contributed by atoms with Gasteiger partial charge in [-0.3, -0.25) is 4.79 Å². The molecule has 2 heterocycles. The zero-order chi connectivity index (χ0) is 20.5. The summed E-state index contributed by atoms with van der Waals surface area (Å²) < 4.78 is 13.6. The van der Waals surface area contributed by atoms with Crippen molar-refractivity contribution in [3.05, 3.63) is 59.8 Å². The van der Waals surface area contributed by atoms with E-state index < -0.39 is 0 Å². The van der Waals surface area contributed by atoms with Gasteiger partial charge in [-0.15, -0.1) is 0 Å². The van der Waals surface area contributed by atoms with Crippen molar-refractivity contribution in [2.24, 2.45) is 0 Å². The molecule has 0 fully saturated rings. The summed E-state index contributed by atoms with van der Waals surface area (Å²) in [4.78, 5) is 17.3. The van der Waals surface area contributed by atoms with E-state index in [9.17, 15) is 4.79 Å². The maximum absolute atomic E-state index is 12.6. The van der Waals surface area contributed by atoms with Crippen molar-refractivity contribution >= 4 is 33.3 Å². The van der Waals surface area contributed by atoms with Gasteiger partial charge in [-0.05, 0) is 55.7 Å². The number of fused-ring (bicyclic) bond motifs is 2. The van der Waals surface area contributed by atoms with Crippen LogP contribution in [-0.2, 0) is 17.6 Å². The summed E-state index contributed by atoms with van der Waals surface area (Å²) in [6, 6.07) is 15.1. The number of amides is 1. The lowest BCUT2D eigenvalue weighted by Crippen LogP contribution is -2.22. The number of carbonyl (C=O) groups is 1. The van der Waals surface area contributed by atoms with Crippen LogP contribution in [0.4, 0.5) is 5.82 Å². The SMILES string of the molecule is COc1ccc(OCC(=O)Nc2c3c(nn2-c2nc4ccccc4s2)CCC3)cc1. The van der Waals surface area contributed by atoms with E-state index in [2.05, 4.69) is 5.32 Å². The van der Waals surface area contributed by atoms with E-state index in [0.29, 0.717) is 11.6 Å². The molecule has 8 heteroatoms. The molecule has 0 unspecified atom stereocenters. The van der Waals surface area contributed by atoms with Crippen LogP contribution in [0.25, 0.3) is 15.3 Å². The van der Waals surface area contributed by atoms with Gasteiger partial charge in [-0.1, -0.05) is 23.5 Å². The van der Waals surface area contributed by atoms with Crippen LogP contribution in [0.5, 0.6) is 11.5 Å². The minimum absolute atomic E-state index is 0.0911. The molecule has 1 aliphatic rings. The van der Waals surface area contributed by atoms with Crippen LogP contribution in [0.1, 0.15) is 17.7 Å². The van der Waals surface area contributed by atoms with E-state index >= 15 is 0 Å². The van der Waals surface area contributed by atoms with Crippen LogP contribution < -0.4 is 14.8 Å². The third kappa shape index (κ3) is 3.50. The smallest absolute Gasteiger partial charge is 0.263 e. The Morgan fingerprint density at radius 2 is 1.93 bits per heavy atom. The van der Waals surface area contributed by atoms with Crippen molar-refractivity contribution in [3.63, 3.8) is 0 Å². The first-order valence-electron chi connectivity index (χ1n) is 9.74. The molecule has 1 N–H and O–H groups in total. The highest BCUT2D eigenvalue weighted by Gasteiger charge is 2.25. The van der Waals surface area contributed by atoms with Gasteiger partial charge < -0.3 is 14.8 Å². The summed E-state index contributed by atoms with van der Waals surface area (Å²) in [6.07, 6.45) is 2.86. The molecule has 0 radical (unpaired) electrons. The number of anilines is 1. The number of benzene rings is 2. The first-order chi connectivity index (χ1) is 14.7. The lowest BCUT2D eigenvalue weighted by Gasteiger charge is -2.10. The van der Waals surface area contributed by atoms with Crippen molar-refractivity contribution in [3.8, 4) is 16.6 Å². The number of ether oxygens (including phenoxy) is 2. The highest BCUT2D eigenvalue weighted by atomic mass is 32.1. The highest BCUT2D eigenvalue weighted by Crippen LogP contribution is 2.33. The second-order valence-electron chi connectivity index (χ2n) is 7.02. The van der Waals surface area contributed by atoms with Crippen LogP contribution in [0, 0.1) is 0 Å². The average Bonchev–Trinajstić information content (AvgIpc) is 3.48. The molecule has 0 bridgehead atoms. The third-order valence-corrected chi connectivity index (χ3v) is 6.07. The predicted molar refractivity (Wildman–Crippen MR) is 116 cm³/mol. The maximum atomic E-state index is 12.6. The Bertz CT molecular complexity index is 1180. The summed E-state index contributed by atoms with van der Waals surface area (Å²) in [7, 11) is 1.61. The maximum Gasteiger partial charge on any atom is 0.263 e. The molecule has 0 saturated heterocycles. The zero-order valence-electron chi connectivity index (χ0n) is 16.4. The summed E-state index contributed by atoms with van der Waals surface area (Å²) in [6.45, 7) is -0.0911. The Morgan fingerprint density at radius 1 is 1.13 bits per heavy atom. The molecule has 2 aromatic carbocycles. The number of hydrogen-bond donors (Lipinski definition) is 1. The molecule has 152 valence electrons. The topological polar surface area (TPSA) is 78.3 Å². The Balaban J connectivity index is 1.37. The first kappa shape index (κ1) is 18.6. The van der Waals surface area contributed by atoms with Crippen molar-refractivity contribution in [1.29, 1.82) is 0 Å². The highest BCUT2D eigenvalue weighted by molar-refractivity contribution is 7.20. The minimum atomic E-state index is -0.234. The van der Waals surface area contributed by atoms with Crippen LogP contribution in [0.2, 0.25) is 0 Å². The normalized spacial score (nSPS) is 12.7. The molecule has 0 spiro atoms. The monoisotopic (exact) mass is 420 g/mol. The summed E-state index contributed by atoms with van der Waals surface area (Å²) in [5.74, 6) is 1.81. The predicted octanol–water partition coefficient (Wildman–Crippen LogP) is 4.00. The Labute approximate surface area is 177 Å². The van der Waals surface area contributed by atoms with E-state index in [0.717, 1.165) is 51.6 Å². The number of aromatic nitrogens is 3. The van der Waals surface area contributed by atoms with Crippen LogP contribution in [-0.4, -0.2) is 34.4 Å². The van der Waals surface area contributed by atoms with E-state index in [1.807, 2.05) is 24.3 Å². The quantitative estimate of drug-likeness (QED) is 0.510. The van der Waals surface area contributed by atoms with Gasteiger partial charge in [0.25, 0.3) is 5.91 Å². The molecule has 30 heavy (non-hydrogen) atoms. The van der Waals surface area contributed by atoms with Crippen LogP contribution in [0.3, 0.4) is 0 Å². The van der Waals surface area contributed by atoms with E-state index in [-0.39, 0.29) is 12.5 Å². The molecule has 2 aromatic heterocycles. The molecule has 4 aromatic rings. The van der Waals surface area contributed by atoms with Crippen molar-refractivity contribution in [2.45, 2.75) is 19.3 Å². The second-order valence-corrected chi connectivity index (χ2v) is 8.02. The molecule has 7 nitrogen and oxygen atoms in total. The second kappa shape index (κ2) is 7.79. The number of aryl methyl sites for hydroxylation is 1. The summed E-state index contributed by atoms with van der Waals surface area (Å²) >= 11 is 1.56. The summed E-state index contributed by atoms with van der Waals surface area (Å²) in [5.41, 5.74) is 3.04. The van der Waals surface area contributed by atoms with Gasteiger partial charge in [-0.2, -0.15) is 9.78 Å². The van der Waals surface area contributed by atoms with Gasteiger partial charge in [-0.25, -0.2) is 4.98 Å². The van der Waals surface area contributed by atoms with E-state index in [4.69, 9.17) is 19.6 Å². The van der Waals surface area contributed by atoms with Crippen LogP contribution in [0.15, 0.2) is 48.5 Å². The van der Waals surface area contributed by atoms with Crippen molar-refractivity contribution in [2.75, 3.05) is 19.0 Å². The molecule has 1 aliphatic carbocycles. The fourth-order valence-corrected chi connectivity index (χ4v) is 4.52. The number of methoxy groups -OCH3 is 1. The van der Waals surface area contributed by atoms with E-state index in [1.165, 1.54) is 0 Å². The van der Waals surface area contributed by atoms with Gasteiger partial charge in [0.1, 0.15) is 17.3 Å². The number of thiazole rings is 1. The fourth-order valence-electron chi connectivity index (χ4n) is 3.60.